The van der Waals surface area contributed by atoms with Gasteiger partial charge in [0, 0.05) is 11.1 Å². The predicted molar refractivity (Wildman–Crippen MR) is 84.3 cm³/mol. The topological polar surface area (TPSA) is 38.3 Å². The largest absolute Gasteiger partial charge is 0.445 e. The van der Waals surface area contributed by atoms with Gasteiger partial charge in [0.1, 0.15) is 6.10 Å². The maximum atomic E-state index is 12.1. The number of carbonyl (C=O) groups excluding carboxylic acids is 1. The van der Waals surface area contributed by atoms with E-state index >= 15 is 0 Å². The highest BCUT2D eigenvalue weighted by atomic mass is 16.6. The molecule has 1 amide bonds. The highest BCUT2D eigenvalue weighted by Crippen LogP contribution is 2.66. The number of carbonyl (C=O) groups is 1. The third-order valence-corrected chi connectivity index (χ3v) is 6.26. The summed E-state index contributed by atoms with van der Waals surface area (Å²) in [5.74, 6) is 0.680. The van der Waals surface area contributed by atoms with Crippen molar-refractivity contribution in [3.8, 4) is 0 Å². The molecular weight excluding hydrogens is 262 g/mol. The van der Waals surface area contributed by atoms with Crippen LogP contribution in [-0.4, -0.2) is 12.2 Å². The van der Waals surface area contributed by atoms with Crippen molar-refractivity contribution in [1.29, 1.82) is 0 Å². The van der Waals surface area contributed by atoms with Crippen molar-refractivity contribution >= 4 is 11.8 Å². The molecule has 3 atom stereocenters. The quantitative estimate of drug-likeness (QED) is 0.851. The zero-order valence-corrected chi connectivity index (χ0v) is 13.4. The molecule has 0 unspecified atom stereocenters. The van der Waals surface area contributed by atoms with E-state index in [1.165, 1.54) is 12.0 Å². The first-order valence-electron chi connectivity index (χ1n) is 7.87. The molecule has 21 heavy (non-hydrogen) atoms. The van der Waals surface area contributed by atoms with Crippen LogP contribution in [0.5, 0.6) is 0 Å². The van der Waals surface area contributed by atoms with Gasteiger partial charge in [-0.1, -0.05) is 38.5 Å². The first-order chi connectivity index (χ1) is 9.83. The fourth-order valence-electron chi connectivity index (χ4n) is 4.22. The molecule has 0 aliphatic heterocycles. The molecule has 2 fully saturated rings. The molecule has 2 aliphatic rings. The lowest BCUT2D eigenvalue weighted by Crippen LogP contribution is -2.39. The van der Waals surface area contributed by atoms with Crippen molar-refractivity contribution in [2.24, 2.45) is 16.7 Å². The lowest BCUT2D eigenvalue weighted by atomic mass is 9.70. The summed E-state index contributed by atoms with van der Waals surface area (Å²) in [7, 11) is 0. The third-order valence-electron chi connectivity index (χ3n) is 6.26. The smallest absolute Gasteiger partial charge is 0.411 e. The minimum Gasteiger partial charge on any atom is -0.445 e. The molecule has 0 saturated heterocycles. The standard InChI is InChI=1S/C18H25NO2/c1-12-5-7-14(8-6-12)19-16(20)21-15-11-13-9-10-18(15,4)17(13,2)3/h5-8,13,15H,9-11H2,1-4H3,(H,19,20)/t13-,15+,18-/m1/s1. The van der Waals surface area contributed by atoms with Crippen LogP contribution >= 0.6 is 0 Å². The Balaban J connectivity index is 1.65. The second-order valence-electron chi connectivity index (χ2n) is 7.50. The number of nitrogens with one attached hydrogen (secondary N) is 1. The van der Waals surface area contributed by atoms with Crippen molar-refractivity contribution in [3.63, 3.8) is 0 Å². The van der Waals surface area contributed by atoms with E-state index in [0.717, 1.165) is 18.5 Å². The van der Waals surface area contributed by atoms with E-state index in [4.69, 9.17) is 4.74 Å². The van der Waals surface area contributed by atoms with Crippen molar-refractivity contribution in [1.82, 2.24) is 0 Å². The molecular formula is C18H25NO2. The Labute approximate surface area is 127 Å². The summed E-state index contributed by atoms with van der Waals surface area (Å²) >= 11 is 0. The van der Waals surface area contributed by atoms with Crippen LogP contribution in [0.3, 0.4) is 0 Å². The van der Waals surface area contributed by atoms with Gasteiger partial charge in [0.2, 0.25) is 0 Å². The number of hydrogen-bond donors (Lipinski definition) is 1. The molecule has 114 valence electrons. The van der Waals surface area contributed by atoms with Gasteiger partial charge in [-0.05, 0) is 49.7 Å². The number of rotatable bonds is 2. The molecule has 2 aliphatic carbocycles. The summed E-state index contributed by atoms with van der Waals surface area (Å²) in [6, 6.07) is 7.78. The van der Waals surface area contributed by atoms with Crippen molar-refractivity contribution in [2.45, 2.75) is 53.1 Å². The van der Waals surface area contributed by atoms with Crippen LogP contribution in [0.25, 0.3) is 0 Å². The average Bonchev–Trinajstić information content (AvgIpc) is 2.74. The van der Waals surface area contributed by atoms with Crippen LogP contribution in [0, 0.1) is 23.7 Å². The lowest BCUT2D eigenvalue weighted by molar-refractivity contribution is 0.00148. The molecule has 3 heteroatoms. The van der Waals surface area contributed by atoms with Gasteiger partial charge in [0.05, 0.1) is 0 Å². The Bertz CT molecular complexity index is 549. The molecule has 2 bridgehead atoms. The van der Waals surface area contributed by atoms with Crippen LogP contribution in [-0.2, 0) is 4.74 Å². The fraction of sp³-hybridized carbons (Fsp3) is 0.611. The van der Waals surface area contributed by atoms with Gasteiger partial charge in [-0.2, -0.15) is 0 Å². The summed E-state index contributed by atoms with van der Waals surface area (Å²) < 4.78 is 5.77. The minimum absolute atomic E-state index is 0.0386. The van der Waals surface area contributed by atoms with Crippen molar-refractivity contribution < 1.29 is 9.53 Å². The summed E-state index contributed by atoms with van der Waals surface area (Å²) in [4.78, 5) is 12.1. The van der Waals surface area contributed by atoms with Crippen LogP contribution in [0.15, 0.2) is 24.3 Å². The average molecular weight is 287 g/mol. The first kappa shape index (κ1) is 14.4. The van der Waals surface area contributed by atoms with Gasteiger partial charge in [-0.25, -0.2) is 4.79 Å². The second-order valence-corrected chi connectivity index (χ2v) is 7.50. The molecule has 0 heterocycles. The Kier molecular flexibility index (Phi) is 3.27. The molecule has 3 nitrogen and oxygen atoms in total. The monoisotopic (exact) mass is 287 g/mol. The Morgan fingerprint density at radius 2 is 1.90 bits per heavy atom. The minimum atomic E-state index is -0.326. The predicted octanol–water partition coefficient (Wildman–Crippen LogP) is 4.76. The summed E-state index contributed by atoms with van der Waals surface area (Å²) in [5, 5.41) is 2.84. The highest BCUT2D eigenvalue weighted by molar-refractivity contribution is 5.84. The Morgan fingerprint density at radius 1 is 1.24 bits per heavy atom. The van der Waals surface area contributed by atoms with Gasteiger partial charge >= 0.3 is 6.09 Å². The maximum absolute atomic E-state index is 12.1. The van der Waals surface area contributed by atoms with Crippen molar-refractivity contribution in [3.05, 3.63) is 29.8 Å². The summed E-state index contributed by atoms with van der Waals surface area (Å²) in [6.45, 7) is 8.96. The number of hydrogen-bond acceptors (Lipinski definition) is 2. The second kappa shape index (κ2) is 4.75. The van der Waals surface area contributed by atoms with Gasteiger partial charge < -0.3 is 4.74 Å². The van der Waals surface area contributed by atoms with E-state index < -0.39 is 0 Å². The number of ether oxygens (including phenoxy) is 1. The van der Waals surface area contributed by atoms with Gasteiger partial charge in [-0.3, -0.25) is 5.32 Å². The fourth-order valence-corrected chi connectivity index (χ4v) is 4.22. The van der Waals surface area contributed by atoms with Crippen LogP contribution in [0.1, 0.15) is 45.6 Å². The van der Waals surface area contributed by atoms with E-state index in [-0.39, 0.29) is 23.0 Å². The van der Waals surface area contributed by atoms with Crippen LogP contribution in [0.4, 0.5) is 10.5 Å². The van der Waals surface area contributed by atoms with Crippen LogP contribution in [0.2, 0.25) is 0 Å². The van der Waals surface area contributed by atoms with Gasteiger partial charge in [-0.15, -0.1) is 0 Å². The lowest BCUT2D eigenvalue weighted by Gasteiger charge is -2.38. The van der Waals surface area contributed by atoms with E-state index in [9.17, 15) is 4.79 Å². The Morgan fingerprint density at radius 3 is 2.43 bits per heavy atom. The van der Waals surface area contributed by atoms with E-state index in [1.54, 1.807) is 0 Å². The number of anilines is 1. The van der Waals surface area contributed by atoms with E-state index in [0.29, 0.717) is 5.92 Å². The molecule has 0 spiro atoms. The molecule has 0 radical (unpaired) electrons. The molecule has 1 aromatic carbocycles. The maximum Gasteiger partial charge on any atom is 0.411 e. The summed E-state index contributed by atoms with van der Waals surface area (Å²) in [6.07, 6.45) is 3.14. The molecule has 1 N–H and O–H groups in total. The van der Waals surface area contributed by atoms with Gasteiger partial charge in [0.15, 0.2) is 0 Å². The summed E-state index contributed by atoms with van der Waals surface area (Å²) in [5.41, 5.74) is 2.35. The number of benzene rings is 1. The SMILES string of the molecule is Cc1ccc(NC(=O)O[C@H]2C[C@H]3CC[C@@]2(C)C3(C)C)cc1. The van der Waals surface area contributed by atoms with E-state index in [1.807, 2.05) is 31.2 Å². The molecule has 3 rings (SSSR count). The third kappa shape index (κ3) is 2.23. The zero-order chi connectivity index (χ0) is 15.3. The molecule has 1 aromatic rings. The van der Waals surface area contributed by atoms with E-state index in [2.05, 4.69) is 26.1 Å². The van der Waals surface area contributed by atoms with Gasteiger partial charge in [0.25, 0.3) is 0 Å². The zero-order valence-electron chi connectivity index (χ0n) is 13.4. The van der Waals surface area contributed by atoms with Crippen LogP contribution < -0.4 is 5.32 Å². The Hall–Kier alpha value is -1.51. The molecule has 2 saturated carbocycles. The molecule has 0 aromatic heterocycles. The highest BCUT2D eigenvalue weighted by Gasteiger charge is 2.62. The number of aryl methyl sites for hydroxylation is 1. The number of amides is 1. The first-order valence-corrected chi connectivity index (χ1v) is 7.87. The normalized spacial score (nSPS) is 33.0. The number of fused-ring (bicyclic) bond motifs is 2. The van der Waals surface area contributed by atoms with Crippen molar-refractivity contribution in [2.75, 3.05) is 5.32 Å².